The molecule has 0 aliphatic heterocycles. The van der Waals surface area contributed by atoms with Gasteiger partial charge in [0.2, 0.25) is 0 Å². The molecule has 1 N–H and O–H groups in total. The number of rotatable bonds is 6. The van der Waals surface area contributed by atoms with E-state index < -0.39 is 0 Å². The number of carbonyl (C=O) groups excluding carboxylic acids is 1. The fraction of sp³-hybridized carbons (Fsp3) is 0.600. The average Bonchev–Trinajstić information content (AvgIpc) is 3.20. The van der Waals surface area contributed by atoms with Crippen molar-refractivity contribution in [2.45, 2.75) is 39.7 Å². The monoisotopic (exact) mass is 261 g/mol. The van der Waals surface area contributed by atoms with Crippen molar-refractivity contribution in [2.24, 2.45) is 5.92 Å². The molecular weight excluding hydrogens is 238 g/mol. The molecule has 4 heteroatoms. The van der Waals surface area contributed by atoms with Gasteiger partial charge in [-0.15, -0.1) is 0 Å². The molecule has 0 radical (unpaired) electrons. The SMILES string of the molecule is CCNc1cnccc1C(=O)N(CC(C)C)C1CC1. The van der Waals surface area contributed by atoms with Crippen LogP contribution in [0.4, 0.5) is 5.69 Å². The minimum Gasteiger partial charge on any atom is -0.383 e. The van der Waals surface area contributed by atoms with Crippen LogP contribution in [0.3, 0.4) is 0 Å². The molecule has 2 rings (SSSR count). The van der Waals surface area contributed by atoms with Crippen molar-refractivity contribution in [3.63, 3.8) is 0 Å². The summed E-state index contributed by atoms with van der Waals surface area (Å²) in [5, 5.41) is 3.21. The van der Waals surface area contributed by atoms with Crippen molar-refractivity contribution in [1.29, 1.82) is 0 Å². The molecule has 0 bridgehead atoms. The van der Waals surface area contributed by atoms with E-state index in [0.717, 1.165) is 37.2 Å². The first-order valence-corrected chi connectivity index (χ1v) is 7.12. The number of anilines is 1. The van der Waals surface area contributed by atoms with Crippen molar-refractivity contribution in [2.75, 3.05) is 18.4 Å². The van der Waals surface area contributed by atoms with Crippen LogP contribution in [0.1, 0.15) is 44.0 Å². The van der Waals surface area contributed by atoms with E-state index in [1.54, 1.807) is 12.4 Å². The lowest BCUT2D eigenvalue weighted by Crippen LogP contribution is -2.36. The summed E-state index contributed by atoms with van der Waals surface area (Å²) in [6, 6.07) is 2.26. The average molecular weight is 261 g/mol. The van der Waals surface area contributed by atoms with Gasteiger partial charge in [0.1, 0.15) is 0 Å². The number of aromatic nitrogens is 1. The highest BCUT2D eigenvalue weighted by Gasteiger charge is 2.34. The lowest BCUT2D eigenvalue weighted by atomic mass is 10.1. The fourth-order valence-electron chi connectivity index (χ4n) is 2.24. The van der Waals surface area contributed by atoms with Crippen LogP contribution in [-0.4, -0.2) is 34.9 Å². The number of nitrogens with zero attached hydrogens (tertiary/aromatic N) is 2. The van der Waals surface area contributed by atoms with Crippen LogP contribution in [0.2, 0.25) is 0 Å². The molecular formula is C15H23N3O. The van der Waals surface area contributed by atoms with Gasteiger partial charge in [-0.3, -0.25) is 9.78 Å². The maximum absolute atomic E-state index is 12.7. The van der Waals surface area contributed by atoms with E-state index in [9.17, 15) is 4.79 Å². The number of amides is 1. The standard InChI is InChI=1S/C15H23N3O/c1-4-17-14-9-16-8-7-13(14)15(19)18(10-11(2)3)12-5-6-12/h7-9,11-12,17H,4-6,10H2,1-3H3. The van der Waals surface area contributed by atoms with E-state index in [2.05, 4.69) is 24.1 Å². The third kappa shape index (κ3) is 3.46. The number of hydrogen-bond donors (Lipinski definition) is 1. The van der Waals surface area contributed by atoms with Gasteiger partial charge >= 0.3 is 0 Å². The first-order valence-electron chi connectivity index (χ1n) is 7.12. The summed E-state index contributed by atoms with van der Waals surface area (Å²) in [5.74, 6) is 0.628. The van der Waals surface area contributed by atoms with Gasteiger partial charge in [-0.25, -0.2) is 0 Å². The molecule has 1 heterocycles. The van der Waals surface area contributed by atoms with Crippen molar-refractivity contribution in [3.05, 3.63) is 24.0 Å². The van der Waals surface area contributed by atoms with Crippen LogP contribution in [-0.2, 0) is 0 Å². The molecule has 0 aromatic carbocycles. The van der Waals surface area contributed by atoms with Gasteiger partial charge in [-0.1, -0.05) is 13.8 Å². The Morgan fingerprint density at radius 2 is 2.26 bits per heavy atom. The van der Waals surface area contributed by atoms with Gasteiger partial charge < -0.3 is 10.2 Å². The molecule has 0 saturated heterocycles. The molecule has 1 aromatic heterocycles. The van der Waals surface area contributed by atoms with Gasteiger partial charge in [0.05, 0.1) is 17.4 Å². The van der Waals surface area contributed by atoms with E-state index in [1.807, 2.05) is 17.9 Å². The Kier molecular flexibility index (Phi) is 4.40. The van der Waals surface area contributed by atoms with Crippen molar-refractivity contribution in [3.8, 4) is 0 Å². The van der Waals surface area contributed by atoms with Crippen LogP contribution in [0.5, 0.6) is 0 Å². The first kappa shape index (κ1) is 13.8. The zero-order chi connectivity index (χ0) is 13.8. The molecule has 1 aliphatic rings. The highest BCUT2D eigenvalue weighted by atomic mass is 16.2. The van der Waals surface area contributed by atoms with Crippen LogP contribution in [0.25, 0.3) is 0 Å². The third-order valence-corrected chi connectivity index (χ3v) is 3.23. The summed E-state index contributed by atoms with van der Waals surface area (Å²) in [5.41, 5.74) is 1.58. The van der Waals surface area contributed by atoms with Gasteiger partial charge in [-0.05, 0) is 31.7 Å². The van der Waals surface area contributed by atoms with E-state index in [4.69, 9.17) is 0 Å². The normalized spacial score (nSPS) is 14.5. The quantitative estimate of drug-likeness (QED) is 0.856. The van der Waals surface area contributed by atoms with Crippen molar-refractivity contribution in [1.82, 2.24) is 9.88 Å². The zero-order valence-corrected chi connectivity index (χ0v) is 12.0. The predicted octanol–water partition coefficient (Wildman–Crippen LogP) is 2.77. The molecule has 0 unspecified atom stereocenters. The van der Waals surface area contributed by atoms with E-state index >= 15 is 0 Å². The summed E-state index contributed by atoms with van der Waals surface area (Å²) >= 11 is 0. The molecule has 1 aliphatic carbocycles. The van der Waals surface area contributed by atoms with Crippen LogP contribution >= 0.6 is 0 Å². The van der Waals surface area contributed by atoms with Gasteiger partial charge in [0.15, 0.2) is 0 Å². The molecule has 1 fully saturated rings. The number of pyridine rings is 1. The summed E-state index contributed by atoms with van der Waals surface area (Å²) in [6.45, 7) is 7.95. The summed E-state index contributed by atoms with van der Waals surface area (Å²) < 4.78 is 0. The minimum atomic E-state index is 0.134. The Balaban J connectivity index is 2.21. The largest absolute Gasteiger partial charge is 0.383 e. The number of hydrogen-bond acceptors (Lipinski definition) is 3. The Labute approximate surface area is 115 Å². The lowest BCUT2D eigenvalue weighted by Gasteiger charge is -2.25. The highest BCUT2D eigenvalue weighted by molar-refractivity contribution is 5.99. The molecule has 1 amide bonds. The van der Waals surface area contributed by atoms with E-state index in [-0.39, 0.29) is 5.91 Å². The minimum absolute atomic E-state index is 0.134. The van der Waals surface area contributed by atoms with Crippen molar-refractivity contribution < 1.29 is 4.79 Å². The second-order valence-electron chi connectivity index (χ2n) is 5.53. The molecule has 4 nitrogen and oxygen atoms in total. The molecule has 1 aromatic rings. The predicted molar refractivity (Wildman–Crippen MR) is 77.3 cm³/mol. The fourth-order valence-corrected chi connectivity index (χ4v) is 2.24. The summed E-state index contributed by atoms with van der Waals surface area (Å²) in [6.07, 6.45) is 5.70. The van der Waals surface area contributed by atoms with Crippen molar-refractivity contribution >= 4 is 11.6 Å². The molecule has 104 valence electrons. The maximum Gasteiger partial charge on any atom is 0.256 e. The molecule has 0 spiro atoms. The van der Waals surface area contributed by atoms with E-state index in [1.165, 1.54) is 0 Å². The Bertz CT molecular complexity index is 441. The number of nitrogens with one attached hydrogen (secondary N) is 1. The van der Waals surface area contributed by atoms with Gasteiger partial charge in [0.25, 0.3) is 5.91 Å². The smallest absolute Gasteiger partial charge is 0.256 e. The van der Waals surface area contributed by atoms with Crippen LogP contribution in [0.15, 0.2) is 18.5 Å². The summed E-state index contributed by atoms with van der Waals surface area (Å²) in [4.78, 5) is 18.8. The molecule has 0 atom stereocenters. The third-order valence-electron chi connectivity index (χ3n) is 3.23. The maximum atomic E-state index is 12.7. The molecule has 19 heavy (non-hydrogen) atoms. The Morgan fingerprint density at radius 1 is 1.53 bits per heavy atom. The molecule has 1 saturated carbocycles. The lowest BCUT2D eigenvalue weighted by molar-refractivity contribution is 0.0723. The zero-order valence-electron chi connectivity index (χ0n) is 12.0. The van der Waals surface area contributed by atoms with Crippen LogP contribution < -0.4 is 5.32 Å². The topological polar surface area (TPSA) is 45.2 Å². The second-order valence-corrected chi connectivity index (χ2v) is 5.53. The first-order chi connectivity index (χ1) is 9.13. The highest BCUT2D eigenvalue weighted by Crippen LogP contribution is 2.30. The summed E-state index contributed by atoms with van der Waals surface area (Å²) in [7, 11) is 0. The second kappa shape index (κ2) is 6.04. The van der Waals surface area contributed by atoms with Crippen LogP contribution in [0, 0.1) is 5.92 Å². The number of carbonyl (C=O) groups is 1. The van der Waals surface area contributed by atoms with E-state index in [0.29, 0.717) is 12.0 Å². The van der Waals surface area contributed by atoms with Gasteiger partial charge in [-0.2, -0.15) is 0 Å². The Hall–Kier alpha value is -1.58. The van der Waals surface area contributed by atoms with Gasteiger partial charge in [0, 0.05) is 25.3 Å². The Morgan fingerprint density at radius 3 is 2.84 bits per heavy atom.